The van der Waals surface area contributed by atoms with Crippen molar-refractivity contribution in [2.24, 2.45) is 5.92 Å². The lowest BCUT2D eigenvalue weighted by Crippen LogP contribution is -2.33. The zero-order valence-electron chi connectivity index (χ0n) is 8.03. The minimum atomic E-state index is -4.61. The molecule has 0 bridgehead atoms. The van der Waals surface area contributed by atoms with E-state index < -0.39 is 29.3 Å². The van der Waals surface area contributed by atoms with E-state index in [1.807, 2.05) is 0 Å². The van der Waals surface area contributed by atoms with Crippen molar-refractivity contribution in [1.82, 2.24) is 0 Å². The van der Waals surface area contributed by atoms with Gasteiger partial charge >= 0.3 is 7.60 Å². The summed E-state index contributed by atoms with van der Waals surface area (Å²) in [5.41, 5.74) is -1.59. The summed E-state index contributed by atoms with van der Waals surface area (Å²) in [6, 6.07) is 0. The zero-order valence-corrected chi connectivity index (χ0v) is 10.6. The third-order valence-corrected chi connectivity index (χ3v) is 3.97. The molecular weight excluding hydrogens is 259 g/mol. The molecule has 88 valence electrons. The molecule has 0 amide bonds. The molecule has 2 unspecified atom stereocenters. The maximum Gasteiger partial charge on any atom is 0.337 e. The van der Waals surface area contributed by atoms with Crippen LogP contribution in [0.3, 0.4) is 0 Å². The van der Waals surface area contributed by atoms with Gasteiger partial charge in [0, 0.05) is 5.92 Å². The molecule has 15 heavy (non-hydrogen) atoms. The maximum atomic E-state index is 11.1. The van der Waals surface area contributed by atoms with Crippen molar-refractivity contribution in [3.05, 3.63) is 0 Å². The summed E-state index contributed by atoms with van der Waals surface area (Å²) in [6.07, 6.45) is 0.816. The summed E-state index contributed by atoms with van der Waals surface area (Å²) in [5.74, 6) is -0.983. The second kappa shape index (κ2) is 5.86. The van der Waals surface area contributed by atoms with Crippen LogP contribution in [-0.2, 0) is 4.57 Å². The Balaban J connectivity index is 5.11. The quantitative estimate of drug-likeness (QED) is 0.431. The zero-order chi connectivity index (χ0) is 12.2. The van der Waals surface area contributed by atoms with Crippen molar-refractivity contribution in [2.45, 2.75) is 25.4 Å². The van der Waals surface area contributed by atoms with Gasteiger partial charge in [-0.1, -0.05) is 13.3 Å². The number of aliphatic hydroxyl groups excluding tert-OH is 2. The van der Waals surface area contributed by atoms with Gasteiger partial charge in [0.2, 0.25) is 0 Å². The molecule has 0 aromatic carbocycles. The van der Waals surface area contributed by atoms with Crippen LogP contribution in [0.5, 0.6) is 0 Å². The summed E-state index contributed by atoms with van der Waals surface area (Å²) in [7, 11) is -4.61. The lowest BCUT2D eigenvalue weighted by molar-refractivity contribution is 0.345. The van der Waals surface area contributed by atoms with E-state index in [4.69, 9.17) is 20.0 Å². The lowest BCUT2D eigenvalue weighted by atomic mass is 10.0. The topological polar surface area (TPSA) is 98.0 Å². The van der Waals surface area contributed by atoms with Gasteiger partial charge in [0.05, 0.1) is 0 Å². The van der Waals surface area contributed by atoms with Crippen molar-refractivity contribution in [1.29, 1.82) is 0 Å². The maximum absolute atomic E-state index is 11.1. The molecule has 0 aromatic rings. The number of thiocarbonyl (C=S) groups is 2. The molecule has 0 aliphatic heterocycles. The Hall–Kier alpha value is -0.0700. The average molecular weight is 272 g/mol. The van der Waals surface area contributed by atoms with Gasteiger partial charge in [0.1, 0.15) is 5.66 Å². The van der Waals surface area contributed by atoms with E-state index >= 15 is 0 Å². The van der Waals surface area contributed by atoms with Crippen LogP contribution in [0.4, 0.5) is 0 Å². The van der Waals surface area contributed by atoms with Crippen LogP contribution >= 0.6 is 32.0 Å². The number of aliphatic hydroxyl groups is 2. The first-order chi connectivity index (χ1) is 6.71. The third kappa shape index (κ3) is 4.53. The van der Waals surface area contributed by atoms with E-state index in [2.05, 4.69) is 24.4 Å². The van der Waals surface area contributed by atoms with Crippen LogP contribution in [0.25, 0.3) is 0 Å². The molecule has 4 N–H and O–H groups in total. The number of hydrogen-bond donors (Lipinski definition) is 4. The molecule has 0 heterocycles. The van der Waals surface area contributed by atoms with E-state index in [0.717, 1.165) is 0 Å². The Labute approximate surface area is 98.3 Å². The predicted molar refractivity (Wildman–Crippen MR) is 64.7 cm³/mol. The molecular formula is C7H13O5PS2. The Morgan fingerprint density at radius 3 is 1.93 bits per heavy atom. The molecule has 0 aromatic heterocycles. The molecule has 0 radical (unpaired) electrons. The van der Waals surface area contributed by atoms with Crippen LogP contribution in [0, 0.1) is 5.92 Å². The molecule has 0 rings (SSSR count). The average Bonchev–Trinajstić information content (AvgIpc) is 1.99. The first kappa shape index (κ1) is 14.9. The second-order valence-electron chi connectivity index (χ2n) is 3.11. The van der Waals surface area contributed by atoms with Gasteiger partial charge in [-0.05, 0) is 30.9 Å². The van der Waals surface area contributed by atoms with Gasteiger partial charge in [-0.15, -0.1) is 0 Å². The van der Waals surface area contributed by atoms with Crippen LogP contribution in [0.1, 0.15) is 19.8 Å². The normalized spacial score (nSPS) is 15.7. The second-order valence-corrected chi connectivity index (χ2v) is 5.68. The van der Waals surface area contributed by atoms with Crippen molar-refractivity contribution in [3.8, 4) is 0 Å². The molecule has 8 heteroatoms. The fraction of sp³-hybridized carbons (Fsp3) is 0.714. The molecule has 0 fully saturated rings. The Morgan fingerprint density at radius 1 is 1.27 bits per heavy atom. The van der Waals surface area contributed by atoms with Crippen molar-refractivity contribution >= 4 is 42.1 Å². The molecule has 5 nitrogen and oxygen atoms in total. The van der Waals surface area contributed by atoms with Crippen LogP contribution in [-0.4, -0.2) is 35.8 Å². The third-order valence-electron chi connectivity index (χ3n) is 1.91. The highest BCUT2D eigenvalue weighted by Gasteiger charge is 2.41. The van der Waals surface area contributed by atoms with Gasteiger partial charge in [-0.2, -0.15) is 0 Å². The molecule has 0 aliphatic rings. The minimum absolute atomic E-state index is 0.256. The summed E-state index contributed by atoms with van der Waals surface area (Å²) in [6.45, 7) is 1.77. The van der Waals surface area contributed by atoms with Gasteiger partial charge in [-0.3, -0.25) is 4.57 Å². The Morgan fingerprint density at radius 2 is 1.73 bits per heavy atom. The standard InChI is InChI=1S/C7H13O5PS2/c1-2-3-4(6(8)14)5(7(9)15)13(10,11)12/h4-5H,2-3H2,1H3,(H,8,14)(H,9,15)(H2,10,11,12). The van der Waals surface area contributed by atoms with Crippen molar-refractivity contribution in [2.75, 3.05) is 0 Å². The first-order valence-electron chi connectivity index (χ1n) is 4.22. The van der Waals surface area contributed by atoms with Gasteiger partial charge in [-0.25, -0.2) is 0 Å². The smallest absolute Gasteiger partial charge is 0.337 e. The van der Waals surface area contributed by atoms with E-state index in [-0.39, 0.29) is 6.42 Å². The summed E-state index contributed by atoms with van der Waals surface area (Å²) >= 11 is 8.86. The summed E-state index contributed by atoms with van der Waals surface area (Å²) in [4.78, 5) is 18.0. The fourth-order valence-corrected chi connectivity index (χ4v) is 3.26. The van der Waals surface area contributed by atoms with Crippen molar-refractivity contribution in [3.63, 3.8) is 0 Å². The van der Waals surface area contributed by atoms with Gasteiger partial charge in [0.25, 0.3) is 0 Å². The highest BCUT2D eigenvalue weighted by molar-refractivity contribution is 7.81. The van der Waals surface area contributed by atoms with Crippen LogP contribution < -0.4 is 0 Å². The predicted octanol–water partition coefficient (Wildman–Crippen LogP) is 1.72. The highest BCUT2D eigenvalue weighted by Crippen LogP contribution is 2.46. The largest absolute Gasteiger partial charge is 0.502 e. The number of hydrogen-bond acceptors (Lipinski definition) is 3. The Kier molecular flexibility index (Phi) is 5.84. The number of rotatable bonds is 6. The minimum Gasteiger partial charge on any atom is -0.502 e. The van der Waals surface area contributed by atoms with E-state index in [1.54, 1.807) is 6.92 Å². The molecule has 0 saturated carbocycles. The van der Waals surface area contributed by atoms with E-state index in [9.17, 15) is 4.57 Å². The fourth-order valence-electron chi connectivity index (χ4n) is 1.28. The monoisotopic (exact) mass is 272 g/mol. The molecule has 0 aliphatic carbocycles. The summed E-state index contributed by atoms with van der Waals surface area (Å²) in [5, 5.41) is 16.8. The van der Waals surface area contributed by atoms with E-state index in [0.29, 0.717) is 6.42 Å². The molecule has 0 saturated heterocycles. The van der Waals surface area contributed by atoms with E-state index in [1.165, 1.54) is 0 Å². The molecule has 2 atom stereocenters. The highest BCUT2D eigenvalue weighted by atomic mass is 32.1. The van der Waals surface area contributed by atoms with Crippen molar-refractivity contribution < 1.29 is 24.6 Å². The van der Waals surface area contributed by atoms with Crippen LogP contribution in [0.2, 0.25) is 0 Å². The lowest BCUT2D eigenvalue weighted by Gasteiger charge is -2.23. The first-order valence-corrected chi connectivity index (χ1v) is 6.72. The Bertz CT molecular complexity index is 300. The summed E-state index contributed by atoms with van der Waals surface area (Å²) < 4.78 is 11.1. The SMILES string of the molecule is CCCC(C(O)=S)C(C(O)=S)P(=O)(O)O. The van der Waals surface area contributed by atoms with Crippen LogP contribution in [0.15, 0.2) is 0 Å². The van der Waals surface area contributed by atoms with Gasteiger partial charge in [0.15, 0.2) is 10.1 Å². The molecule has 0 spiro atoms. The van der Waals surface area contributed by atoms with Gasteiger partial charge < -0.3 is 20.0 Å².